The van der Waals surface area contributed by atoms with Crippen LogP contribution in [0.4, 0.5) is 31.9 Å². The molecule has 0 radical (unpaired) electrons. The number of nitrogen functional groups attached to an aromatic ring is 1. The summed E-state index contributed by atoms with van der Waals surface area (Å²) in [5.74, 6) is -2.47. The molecular formula is C10H7F2N5O2. The highest BCUT2D eigenvalue weighted by Crippen LogP contribution is 2.28. The number of halogens is 2. The number of nitrogens with two attached hydrogens (primary N) is 1. The molecule has 1 aromatic heterocycles. The number of aromatic nitrogens is 2. The molecule has 1 heterocycles. The first-order valence-corrected chi connectivity index (χ1v) is 4.97. The second-order valence-electron chi connectivity index (χ2n) is 3.44. The molecule has 7 nitrogen and oxygen atoms in total. The van der Waals surface area contributed by atoms with Gasteiger partial charge in [-0.1, -0.05) is 6.07 Å². The van der Waals surface area contributed by atoms with E-state index in [1.807, 2.05) is 0 Å². The predicted molar refractivity (Wildman–Crippen MR) is 62.7 cm³/mol. The van der Waals surface area contributed by atoms with Crippen molar-refractivity contribution in [1.82, 2.24) is 9.97 Å². The quantitative estimate of drug-likeness (QED) is 0.650. The normalized spacial score (nSPS) is 10.2. The van der Waals surface area contributed by atoms with Crippen LogP contribution in [0.25, 0.3) is 0 Å². The van der Waals surface area contributed by atoms with Crippen LogP contribution in [0.3, 0.4) is 0 Å². The summed E-state index contributed by atoms with van der Waals surface area (Å²) < 4.78 is 26.8. The Morgan fingerprint density at radius 3 is 2.53 bits per heavy atom. The Kier molecular flexibility index (Phi) is 3.19. The monoisotopic (exact) mass is 267 g/mol. The van der Waals surface area contributed by atoms with E-state index in [4.69, 9.17) is 5.73 Å². The summed E-state index contributed by atoms with van der Waals surface area (Å²) in [4.78, 5) is 17.0. The summed E-state index contributed by atoms with van der Waals surface area (Å²) in [7, 11) is 0. The van der Waals surface area contributed by atoms with Gasteiger partial charge in [0.1, 0.15) is 23.5 Å². The number of rotatable bonds is 3. The molecule has 0 unspecified atom stereocenters. The van der Waals surface area contributed by atoms with Crippen molar-refractivity contribution in [3.05, 3.63) is 46.1 Å². The van der Waals surface area contributed by atoms with Gasteiger partial charge in [0.2, 0.25) is 11.8 Å². The molecule has 1 aromatic carbocycles. The topological polar surface area (TPSA) is 107 Å². The molecule has 0 amide bonds. The Labute approximate surface area is 105 Å². The van der Waals surface area contributed by atoms with E-state index in [1.54, 1.807) is 0 Å². The van der Waals surface area contributed by atoms with Gasteiger partial charge in [0, 0.05) is 0 Å². The van der Waals surface area contributed by atoms with Gasteiger partial charge in [-0.2, -0.15) is 4.98 Å². The minimum Gasteiger partial charge on any atom is -0.368 e. The maximum Gasteiger partial charge on any atom is 0.329 e. The van der Waals surface area contributed by atoms with Gasteiger partial charge >= 0.3 is 5.69 Å². The second-order valence-corrected chi connectivity index (χ2v) is 3.44. The Hall–Kier alpha value is -2.84. The van der Waals surface area contributed by atoms with Gasteiger partial charge < -0.3 is 11.1 Å². The molecule has 19 heavy (non-hydrogen) atoms. The van der Waals surface area contributed by atoms with Gasteiger partial charge in [0.25, 0.3) is 0 Å². The summed E-state index contributed by atoms with van der Waals surface area (Å²) >= 11 is 0. The fourth-order valence-electron chi connectivity index (χ4n) is 1.35. The number of para-hydroxylation sites is 1. The molecule has 0 spiro atoms. The van der Waals surface area contributed by atoms with E-state index in [9.17, 15) is 18.9 Å². The Bertz CT molecular complexity index is 630. The highest BCUT2D eigenvalue weighted by atomic mass is 19.1. The zero-order chi connectivity index (χ0) is 14.0. The van der Waals surface area contributed by atoms with Crippen LogP contribution in [0.15, 0.2) is 24.4 Å². The lowest BCUT2D eigenvalue weighted by molar-refractivity contribution is -0.384. The largest absolute Gasteiger partial charge is 0.368 e. The third-order valence-corrected chi connectivity index (χ3v) is 2.19. The molecule has 0 saturated heterocycles. The summed E-state index contributed by atoms with van der Waals surface area (Å²) in [5.41, 5.74) is 4.19. The highest BCUT2D eigenvalue weighted by molar-refractivity contribution is 5.66. The molecular weight excluding hydrogens is 260 g/mol. The predicted octanol–water partition coefficient (Wildman–Crippen LogP) is 1.99. The fourth-order valence-corrected chi connectivity index (χ4v) is 1.35. The van der Waals surface area contributed by atoms with E-state index in [2.05, 4.69) is 15.3 Å². The first kappa shape index (κ1) is 12.6. The number of anilines is 3. The lowest BCUT2D eigenvalue weighted by Gasteiger charge is -2.08. The van der Waals surface area contributed by atoms with Crippen molar-refractivity contribution in [2.75, 3.05) is 11.1 Å². The average molecular weight is 267 g/mol. The highest BCUT2D eigenvalue weighted by Gasteiger charge is 2.19. The number of benzene rings is 1. The van der Waals surface area contributed by atoms with E-state index >= 15 is 0 Å². The zero-order valence-corrected chi connectivity index (χ0v) is 9.30. The average Bonchev–Trinajstić information content (AvgIpc) is 2.33. The molecule has 0 fully saturated rings. The van der Waals surface area contributed by atoms with Crippen LogP contribution in [-0.2, 0) is 0 Å². The zero-order valence-electron chi connectivity index (χ0n) is 9.30. The van der Waals surface area contributed by atoms with Crippen molar-refractivity contribution in [3.8, 4) is 0 Å². The van der Waals surface area contributed by atoms with Crippen molar-refractivity contribution >= 4 is 23.1 Å². The van der Waals surface area contributed by atoms with E-state index in [0.717, 1.165) is 18.3 Å². The van der Waals surface area contributed by atoms with E-state index in [-0.39, 0.29) is 11.8 Å². The molecule has 0 aliphatic heterocycles. The standard InChI is InChI=1S/C10H7F2N5O2/c11-5-2-1-3-6(12)8(5)15-9-7(17(18)19)4-14-10(13)16-9/h1-4H,(H3,13,14,15,16). The van der Waals surface area contributed by atoms with Crippen LogP contribution < -0.4 is 11.1 Å². The number of nitro groups is 1. The first-order valence-electron chi connectivity index (χ1n) is 4.97. The summed E-state index contributed by atoms with van der Waals surface area (Å²) in [5, 5.41) is 13.0. The van der Waals surface area contributed by atoms with Crippen molar-refractivity contribution in [2.24, 2.45) is 0 Å². The third-order valence-electron chi connectivity index (χ3n) is 2.19. The minimum absolute atomic E-state index is 0.259. The van der Waals surface area contributed by atoms with Crippen LogP contribution in [-0.4, -0.2) is 14.9 Å². The molecule has 0 bridgehead atoms. The van der Waals surface area contributed by atoms with Crippen molar-refractivity contribution in [3.63, 3.8) is 0 Å². The Balaban J connectivity index is 2.49. The van der Waals surface area contributed by atoms with Gasteiger partial charge in [-0.3, -0.25) is 10.1 Å². The van der Waals surface area contributed by atoms with Gasteiger partial charge in [0.05, 0.1) is 4.92 Å². The molecule has 0 atom stereocenters. The SMILES string of the molecule is Nc1ncc([N+](=O)[O-])c(Nc2c(F)cccc2F)n1. The Morgan fingerprint density at radius 2 is 1.95 bits per heavy atom. The molecule has 9 heteroatoms. The molecule has 0 saturated carbocycles. The summed E-state index contributed by atoms with van der Waals surface area (Å²) in [6.45, 7) is 0. The third kappa shape index (κ3) is 2.54. The lowest BCUT2D eigenvalue weighted by atomic mass is 10.3. The molecule has 3 N–H and O–H groups in total. The molecule has 0 aliphatic carbocycles. The van der Waals surface area contributed by atoms with Crippen molar-refractivity contribution < 1.29 is 13.7 Å². The van der Waals surface area contributed by atoms with E-state index in [0.29, 0.717) is 0 Å². The van der Waals surface area contributed by atoms with Gasteiger partial charge in [0.15, 0.2) is 0 Å². The number of nitrogens with one attached hydrogen (secondary N) is 1. The molecule has 2 aromatic rings. The summed E-state index contributed by atoms with van der Waals surface area (Å²) in [6, 6.07) is 3.17. The van der Waals surface area contributed by atoms with Gasteiger partial charge in [-0.25, -0.2) is 13.8 Å². The minimum atomic E-state index is -0.911. The van der Waals surface area contributed by atoms with Crippen LogP contribution in [0.5, 0.6) is 0 Å². The van der Waals surface area contributed by atoms with Crippen molar-refractivity contribution in [1.29, 1.82) is 0 Å². The molecule has 2 rings (SSSR count). The van der Waals surface area contributed by atoms with Crippen LogP contribution in [0.2, 0.25) is 0 Å². The lowest BCUT2D eigenvalue weighted by Crippen LogP contribution is -2.06. The molecule has 0 aliphatic rings. The van der Waals surface area contributed by atoms with E-state index < -0.39 is 27.9 Å². The number of hydrogen-bond acceptors (Lipinski definition) is 6. The van der Waals surface area contributed by atoms with Crippen LogP contribution in [0.1, 0.15) is 0 Å². The fraction of sp³-hybridized carbons (Fsp3) is 0. The second kappa shape index (κ2) is 4.80. The maximum atomic E-state index is 13.4. The van der Waals surface area contributed by atoms with Gasteiger partial charge in [-0.15, -0.1) is 0 Å². The van der Waals surface area contributed by atoms with E-state index in [1.165, 1.54) is 6.07 Å². The number of nitrogens with zero attached hydrogens (tertiary/aromatic N) is 3. The number of hydrogen-bond donors (Lipinski definition) is 2. The summed E-state index contributed by atoms with van der Waals surface area (Å²) in [6.07, 6.45) is 0.851. The van der Waals surface area contributed by atoms with Crippen LogP contribution >= 0.6 is 0 Å². The first-order chi connectivity index (χ1) is 8.99. The molecule has 98 valence electrons. The Morgan fingerprint density at radius 1 is 1.32 bits per heavy atom. The van der Waals surface area contributed by atoms with Crippen molar-refractivity contribution in [2.45, 2.75) is 0 Å². The maximum absolute atomic E-state index is 13.4. The van der Waals surface area contributed by atoms with Gasteiger partial charge in [-0.05, 0) is 12.1 Å². The van der Waals surface area contributed by atoms with Crippen LogP contribution in [0, 0.1) is 21.7 Å². The smallest absolute Gasteiger partial charge is 0.329 e.